The Labute approximate surface area is 206 Å². The van der Waals surface area contributed by atoms with Gasteiger partial charge < -0.3 is 20.5 Å². The van der Waals surface area contributed by atoms with Gasteiger partial charge >= 0.3 is 12.1 Å². The zero-order chi connectivity index (χ0) is 25.2. The molecule has 2 amide bonds. The molecule has 1 fully saturated rings. The van der Waals surface area contributed by atoms with Crippen LogP contribution in [0.1, 0.15) is 63.5 Å². The summed E-state index contributed by atoms with van der Waals surface area (Å²) in [4.78, 5) is 37.0. The monoisotopic (exact) mass is 478 g/mol. The highest BCUT2D eigenvalue weighted by atomic mass is 16.5. The van der Waals surface area contributed by atoms with Crippen molar-refractivity contribution in [3.05, 3.63) is 59.7 Å². The molecule has 186 valence electrons. The second kappa shape index (κ2) is 10.1. The Morgan fingerprint density at radius 2 is 1.54 bits per heavy atom. The van der Waals surface area contributed by atoms with Crippen molar-refractivity contribution in [3.63, 3.8) is 0 Å². The summed E-state index contributed by atoms with van der Waals surface area (Å²) < 4.78 is 5.58. The molecular formula is C28H34N2O5. The van der Waals surface area contributed by atoms with Crippen LogP contribution in [-0.4, -0.2) is 41.8 Å². The first kappa shape index (κ1) is 24.8. The Morgan fingerprint density at radius 3 is 2.06 bits per heavy atom. The highest BCUT2D eigenvalue weighted by Crippen LogP contribution is 2.44. The van der Waals surface area contributed by atoms with Crippen molar-refractivity contribution in [1.82, 2.24) is 10.6 Å². The summed E-state index contributed by atoms with van der Waals surface area (Å²) in [5.74, 6) is -1.08. The quantitative estimate of drug-likeness (QED) is 0.485. The third-order valence-corrected chi connectivity index (χ3v) is 6.92. The number of carbonyl (C=O) groups is 3. The number of rotatable bonds is 9. The molecule has 3 N–H and O–H groups in total. The minimum absolute atomic E-state index is 0.00705. The smallest absolute Gasteiger partial charge is 0.407 e. The number of carbonyl (C=O) groups excluding carboxylic acids is 2. The largest absolute Gasteiger partial charge is 0.481 e. The van der Waals surface area contributed by atoms with Gasteiger partial charge in [-0.05, 0) is 52.8 Å². The molecule has 0 radical (unpaired) electrons. The number of fused-ring (bicyclic) bond motifs is 3. The van der Waals surface area contributed by atoms with Crippen LogP contribution in [0.15, 0.2) is 48.5 Å². The number of ether oxygens (including phenoxy) is 1. The van der Waals surface area contributed by atoms with Crippen LogP contribution in [0.25, 0.3) is 11.1 Å². The third-order valence-electron chi connectivity index (χ3n) is 6.92. The molecule has 2 aliphatic rings. The van der Waals surface area contributed by atoms with Gasteiger partial charge in [0, 0.05) is 18.4 Å². The first-order chi connectivity index (χ1) is 16.6. The first-order valence-corrected chi connectivity index (χ1v) is 12.3. The maximum atomic E-state index is 13.1. The Bertz CT molecular complexity index is 1060. The number of benzene rings is 2. The van der Waals surface area contributed by atoms with E-state index in [-0.39, 0.29) is 42.7 Å². The summed E-state index contributed by atoms with van der Waals surface area (Å²) in [7, 11) is 0. The second-order valence-electron chi connectivity index (χ2n) is 10.6. The molecule has 2 aromatic carbocycles. The molecule has 0 heterocycles. The lowest BCUT2D eigenvalue weighted by atomic mass is 9.83. The highest BCUT2D eigenvalue weighted by Gasteiger charge is 2.40. The van der Waals surface area contributed by atoms with Gasteiger partial charge in [0.1, 0.15) is 12.6 Å². The normalized spacial score (nSPS) is 16.5. The molecule has 1 saturated carbocycles. The zero-order valence-electron chi connectivity index (χ0n) is 20.5. The topological polar surface area (TPSA) is 105 Å². The number of hydrogen-bond acceptors (Lipinski definition) is 4. The van der Waals surface area contributed by atoms with Gasteiger partial charge in [-0.25, -0.2) is 4.79 Å². The SMILES string of the molecule is CC(C)(C)C(NC(=O)C(CCC(=O)O)NC(=O)OCC1c2ccccc2-c2ccccc21)C1CC1. The van der Waals surface area contributed by atoms with Crippen molar-refractivity contribution in [2.24, 2.45) is 11.3 Å². The van der Waals surface area contributed by atoms with E-state index >= 15 is 0 Å². The summed E-state index contributed by atoms with van der Waals surface area (Å²) in [5.41, 5.74) is 4.31. The van der Waals surface area contributed by atoms with Gasteiger partial charge in [-0.1, -0.05) is 69.3 Å². The minimum Gasteiger partial charge on any atom is -0.481 e. The molecule has 2 aromatic rings. The molecular weight excluding hydrogens is 444 g/mol. The lowest BCUT2D eigenvalue weighted by molar-refractivity contribution is -0.137. The molecule has 7 nitrogen and oxygen atoms in total. The summed E-state index contributed by atoms with van der Waals surface area (Å²) in [6.07, 6.45) is 1.15. The van der Waals surface area contributed by atoms with E-state index < -0.39 is 18.1 Å². The summed E-state index contributed by atoms with van der Waals surface area (Å²) in [6, 6.07) is 15.1. The number of carboxylic acid groups (broad SMARTS) is 1. The van der Waals surface area contributed by atoms with Crippen molar-refractivity contribution in [2.45, 2.75) is 64.5 Å². The molecule has 2 atom stereocenters. The van der Waals surface area contributed by atoms with Crippen molar-refractivity contribution in [1.29, 1.82) is 0 Å². The van der Waals surface area contributed by atoms with E-state index in [4.69, 9.17) is 9.84 Å². The summed E-state index contributed by atoms with van der Waals surface area (Å²) in [5, 5.41) is 14.8. The van der Waals surface area contributed by atoms with Crippen LogP contribution < -0.4 is 10.6 Å². The van der Waals surface area contributed by atoms with E-state index in [0.29, 0.717) is 5.92 Å². The average molecular weight is 479 g/mol. The Balaban J connectivity index is 1.42. The molecule has 0 bridgehead atoms. The van der Waals surface area contributed by atoms with Gasteiger partial charge in [0.2, 0.25) is 5.91 Å². The van der Waals surface area contributed by atoms with Crippen LogP contribution in [0.5, 0.6) is 0 Å². The van der Waals surface area contributed by atoms with Crippen molar-refractivity contribution in [3.8, 4) is 11.1 Å². The number of amides is 2. The number of aliphatic carboxylic acids is 1. The van der Waals surface area contributed by atoms with Gasteiger partial charge in [-0.3, -0.25) is 9.59 Å². The zero-order valence-corrected chi connectivity index (χ0v) is 20.5. The second-order valence-corrected chi connectivity index (χ2v) is 10.6. The van der Waals surface area contributed by atoms with Crippen molar-refractivity contribution >= 4 is 18.0 Å². The van der Waals surface area contributed by atoms with Gasteiger partial charge in [0.05, 0.1) is 0 Å². The maximum Gasteiger partial charge on any atom is 0.407 e. The van der Waals surface area contributed by atoms with Crippen molar-refractivity contribution < 1.29 is 24.2 Å². The van der Waals surface area contributed by atoms with E-state index in [1.54, 1.807) is 0 Å². The van der Waals surface area contributed by atoms with Crippen LogP contribution in [0, 0.1) is 11.3 Å². The fourth-order valence-corrected chi connectivity index (χ4v) is 5.04. The standard InChI is InChI=1S/C28H34N2O5/c1-28(2,3)25(17-12-13-17)30-26(33)23(14-15-24(31)32)29-27(34)35-16-22-20-10-6-4-8-18(20)19-9-5-7-11-21(19)22/h4-11,17,22-23,25H,12-16H2,1-3H3,(H,29,34)(H,30,33)(H,31,32). The Morgan fingerprint density at radius 1 is 0.971 bits per heavy atom. The average Bonchev–Trinajstić information content (AvgIpc) is 3.60. The van der Waals surface area contributed by atoms with Crippen molar-refractivity contribution in [2.75, 3.05) is 6.61 Å². The number of alkyl carbamates (subject to hydrolysis) is 1. The molecule has 7 heteroatoms. The molecule has 4 rings (SSSR count). The van der Waals surface area contributed by atoms with E-state index in [0.717, 1.165) is 35.1 Å². The molecule has 0 spiro atoms. The number of carboxylic acids is 1. The predicted molar refractivity (Wildman–Crippen MR) is 133 cm³/mol. The van der Waals surface area contributed by atoms with Gasteiger partial charge in [-0.2, -0.15) is 0 Å². The number of hydrogen-bond donors (Lipinski definition) is 3. The molecule has 2 aliphatic carbocycles. The van der Waals surface area contributed by atoms with Crippen LogP contribution in [0.2, 0.25) is 0 Å². The summed E-state index contributed by atoms with van der Waals surface area (Å²) in [6.45, 7) is 6.34. The fraction of sp³-hybridized carbons (Fsp3) is 0.464. The number of nitrogens with one attached hydrogen (secondary N) is 2. The van der Waals surface area contributed by atoms with Crippen LogP contribution >= 0.6 is 0 Å². The van der Waals surface area contributed by atoms with E-state index in [1.165, 1.54) is 0 Å². The Kier molecular flexibility index (Phi) is 7.15. The minimum atomic E-state index is -1.02. The Hall–Kier alpha value is -3.35. The molecule has 2 unspecified atom stereocenters. The first-order valence-electron chi connectivity index (χ1n) is 12.3. The molecule has 0 aliphatic heterocycles. The van der Waals surface area contributed by atoms with Gasteiger partial charge in [-0.15, -0.1) is 0 Å². The summed E-state index contributed by atoms with van der Waals surface area (Å²) >= 11 is 0. The molecule has 0 aromatic heterocycles. The van der Waals surface area contributed by atoms with Gasteiger partial charge in [0.15, 0.2) is 0 Å². The molecule has 0 saturated heterocycles. The maximum absolute atomic E-state index is 13.1. The fourth-order valence-electron chi connectivity index (χ4n) is 5.04. The lowest BCUT2D eigenvalue weighted by Gasteiger charge is -2.33. The van der Waals surface area contributed by atoms with E-state index in [1.807, 2.05) is 36.4 Å². The van der Waals surface area contributed by atoms with Crippen LogP contribution in [-0.2, 0) is 14.3 Å². The molecule has 35 heavy (non-hydrogen) atoms. The van der Waals surface area contributed by atoms with Gasteiger partial charge in [0.25, 0.3) is 0 Å². The van der Waals surface area contributed by atoms with E-state index in [2.05, 4.69) is 43.5 Å². The van der Waals surface area contributed by atoms with Crippen LogP contribution in [0.3, 0.4) is 0 Å². The predicted octanol–water partition coefficient (Wildman–Crippen LogP) is 4.70. The highest BCUT2D eigenvalue weighted by molar-refractivity contribution is 5.86. The van der Waals surface area contributed by atoms with E-state index in [9.17, 15) is 14.4 Å². The van der Waals surface area contributed by atoms with Crippen LogP contribution in [0.4, 0.5) is 4.79 Å². The third kappa shape index (κ3) is 5.84. The lowest BCUT2D eigenvalue weighted by Crippen LogP contribution is -2.53.